The molecule has 1 aliphatic rings. The summed E-state index contributed by atoms with van der Waals surface area (Å²) in [7, 11) is 0. The first-order valence-corrected chi connectivity index (χ1v) is 12.8. The normalized spacial score (nSPS) is 12.5. The largest absolute Gasteiger partial charge is 0.487 e. The second-order valence-electron chi connectivity index (χ2n) is 8.34. The molecule has 0 atom stereocenters. The number of ketones is 2. The predicted molar refractivity (Wildman–Crippen MR) is 139 cm³/mol. The summed E-state index contributed by atoms with van der Waals surface area (Å²) in [5, 5.41) is 0. The van der Waals surface area contributed by atoms with Gasteiger partial charge in [-0.3, -0.25) is 9.59 Å². The first-order chi connectivity index (χ1) is 17.1. The van der Waals surface area contributed by atoms with Crippen molar-refractivity contribution in [2.75, 3.05) is 0 Å². The van der Waals surface area contributed by atoms with Gasteiger partial charge >= 0.3 is 0 Å². The van der Waals surface area contributed by atoms with Crippen LogP contribution < -0.4 is 4.74 Å². The van der Waals surface area contributed by atoms with E-state index in [1.165, 1.54) is 17.3 Å². The maximum Gasteiger partial charge on any atom is 0.195 e. The molecule has 170 valence electrons. The van der Waals surface area contributed by atoms with Gasteiger partial charge in [-0.1, -0.05) is 84.1 Å². The van der Waals surface area contributed by atoms with E-state index in [9.17, 15) is 9.59 Å². The van der Waals surface area contributed by atoms with Crippen molar-refractivity contribution >= 4 is 44.9 Å². The van der Waals surface area contributed by atoms with Crippen LogP contribution in [-0.4, -0.2) is 16.6 Å². The third-order valence-electron chi connectivity index (χ3n) is 5.99. The van der Waals surface area contributed by atoms with Crippen molar-refractivity contribution in [3.8, 4) is 5.75 Å². The average Bonchev–Trinajstić information content (AvgIpc) is 3.30. The molecule has 0 spiro atoms. The lowest BCUT2D eigenvalue weighted by atomic mass is 9.84. The summed E-state index contributed by atoms with van der Waals surface area (Å²) in [6.45, 7) is 2.52. The Labute approximate surface area is 210 Å². The summed E-state index contributed by atoms with van der Waals surface area (Å²) in [6, 6.07) is 26.6. The van der Waals surface area contributed by atoms with Crippen LogP contribution in [0.5, 0.6) is 5.75 Å². The lowest BCUT2D eigenvalue weighted by Crippen LogP contribution is -2.21. The van der Waals surface area contributed by atoms with Crippen molar-refractivity contribution in [2.24, 2.45) is 0 Å². The molecule has 4 nitrogen and oxygen atoms in total. The van der Waals surface area contributed by atoms with Crippen LogP contribution in [0.25, 0.3) is 10.2 Å². The van der Waals surface area contributed by atoms with Crippen molar-refractivity contribution < 1.29 is 14.3 Å². The van der Waals surface area contributed by atoms with Crippen LogP contribution in [0.2, 0.25) is 0 Å². The van der Waals surface area contributed by atoms with E-state index in [-0.39, 0.29) is 11.6 Å². The number of benzene rings is 4. The highest BCUT2D eigenvalue weighted by molar-refractivity contribution is 8.01. The molecule has 0 aliphatic heterocycles. The fourth-order valence-electron chi connectivity index (χ4n) is 4.20. The van der Waals surface area contributed by atoms with Crippen molar-refractivity contribution in [3.05, 3.63) is 118 Å². The van der Waals surface area contributed by atoms with Gasteiger partial charge in [-0.2, -0.15) is 0 Å². The van der Waals surface area contributed by atoms with E-state index in [1.807, 2.05) is 30.3 Å². The first kappa shape index (κ1) is 21.8. The van der Waals surface area contributed by atoms with Gasteiger partial charge in [-0.15, -0.1) is 11.3 Å². The van der Waals surface area contributed by atoms with Crippen molar-refractivity contribution in [1.82, 2.24) is 4.98 Å². The zero-order valence-corrected chi connectivity index (χ0v) is 20.4. The maximum absolute atomic E-state index is 13.3. The van der Waals surface area contributed by atoms with E-state index >= 15 is 0 Å². The fourth-order valence-corrected chi connectivity index (χ4v) is 6.40. The minimum absolute atomic E-state index is 0.117. The molecule has 0 unspecified atom stereocenters. The molecule has 1 heterocycles. The van der Waals surface area contributed by atoms with Gasteiger partial charge in [-0.05, 0) is 30.7 Å². The molecule has 0 radical (unpaired) electrons. The topological polar surface area (TPSA) is 56.3 Å². The van der Waals surface area contributed by atoms with Gasteiger partial charge in [-0.25, -0.2) is 4.98 Å². The lowest BCUT2D eigenvalue weighted by molar-refractivity contribution is 0.0977. The van der Waals surface area contributed by atoms with E-state index in [1.54, 1.807) is 41.7 Å². The van der Waals surface area contributed by atoms with Crippen LogP contribution in [0.4, 0.5) is 0 Å². The van der Waals surface area contributed by atoms with Gasteiger partial charge < -0.3 is 4.74 Å². The zero-order chi connectivity index (χ0) is 23.9. The Kier molecular flexibility index (Phi) is 5.47. The van der Waals surface area contributed by atoms with Crippen LogP contribution in [0, 0.1) is 6.92 Å². The Morgan fingerprint density at radius 2 is 1.51 bits per heavy atom. The van der Waals surface area contributed by atoms with Gasteiger partial charge in [0.05, 0.1) is 4.70 Å². The van der Waals surface area contributed by atoms with Gasteiger partial charge in [0, 0.05) is 27.1 Å². The van der Waals surface area contributed by atoms with Gasteiger partial charge in [0.2, 0.25) is 0 Å². The molecule has 35 heavy (non-hydrogen) atoms. The molecule has 1 aliphatic carbocycles. The minimum Gasteiger partial charge on any atom is -0.487 e. The zero-order valence-electron chi connectivity index (χ0n) is 18.8. The molecule has 0 saturated carbocycles. The molecule has 4 aromatic carbocycles. The Hall–Kier alpha value is -3.74. The molecule has 1 aromatic heterocycles. The molecule has 0 amide bonds. The number of rotatable bonds is 5. The molecule has 0 N–H and O–H groups in total. The summed E-state index contributed by atoms with van der Waals surface area (Å²) in [4.78, 5) is 32.0. The molecule has 5 aromatic rings. The van der Waals surface area contributed by atoms with Gasteiger partial charge in [0.1, 0.15) is 17.9 Å². The second-order valence-corrected chi connectivity index (χ2v) is 10.7. The van der Waals surface area contributed by atoms with E-state index in [4.69, 9.17) is 9.72 Å². The molecule has 0 saturated heterocycles. The van der Waals surface area contributed by atoms with E-state index in [0.717, 1.165) is 30.8 Å². The number of aryl methyl sites for hydroxylation is 1. The van der Waals surface area contributed by atoms with Crippen LogP contribution in [0.15, 0.2) is 94.2 Å². The summed E-state index contributed by atoms with van der Waals surface area (Å²) in [6.07, 6.45) is 0. The van der Waals surface area contributed by atoms with Crippen molar-refractivity contribution in [1.29, 1.82) is 0 Å². The first-order valence-electron chi connectivity index (χ1n) is 11.2. The number of fused-ring (bicyclic) bond motifs is 3. The minimum atomic E-state index is -0.124. The molecular formula is C29H19NO3S2. The van der Waals surface area contributed by atoms with Crippen molar-refractivity contribution in [2.45, 2.75) is 22.8 Å². The number of nitrogens with zero attached hydrogens (tertiary/aromatic N) is 1. The summed E-state index contributed by atoms with van der Waals surface area (Å²) >= 11 is 2.96. The molecule has 6 rings (SSSR count). The average molecular weight is 494 g/mol. The SMILES string of the molecule is Cc1ccc(COc2cccc3sc(Sc4cccc5c4C(=O)c4ccccc4C5=O)nc23)cc1. The highest BCUT2D eigenvalue weighted by Gasteiger charge is 2.31. The number of carbonyl (C=O) groups is 2. The highest BCUT2D eigenvalue weighted by Crippen LogP contribution is 2.41. The molecule has 0 bridgehead atoms. The number of carbonyl (C=O) groups excluding carboxylic acids is 2. The van der Waals surface area contributed by atoms with Crippen LogP contribution >= 0.6 is 23.1 Å². The number of hydrogen-bond acceptors (Lipinski definition) is 6. The number of para-hydroxylation sites is 1. The van der Waals surface area contributed by atoms with Crippen molar-refractivity contribution in [3.63, 3.8) is 0 Å². The van der Waals surface area contributed by atoms with E-state index in [0.29, 0.717) is 28.9 Å². The van der Waals surface area contributed by atoms with Crippen LogP contribution in [0.3, 0.4) is 0 Å². The number of aromatic nitrogens is 1. The standard InChI is InChI=1S/C29H19NO3S2/c1-17-12-14-18(15-13-17)16-33-22-9-5-11-24-26(22)30-29(35-24)34-23-10-4-8-21-25(23)28(32)20-7-3-2-6-19(20)27(21)31/h2-15H,16H2,1H3. The molecular weight excluding hydrogens is 474 g/mol. The Bertz CT molecular complexity index is 1620. The quantitative estimate of drug-likeness (QED) is 0.256. The number of ether oxygens (including phenoxy) is 1. The predicted octanol–water partition coefficient (Wildman–Crippen LogP) is 7.11. The fraction of sp³-hybridized carbons (Fsp3) is 0.0690. The van der Waals surface area contributed by atoms with E-state index in [2.05, 4.69) is 31.2 Å². The summed E-state index contributed by atoms with van der Waals surface area (Å²) in [5.74, 6) is 0.483. The van der Waals surface area contributed by atoms with Gasteiger partial charge in [0.25, 0.3) is 0 Å². The number of thiazole rings is 1. The van der Waals surface area contributed by atoms with Crippen LogP contribution in [-0.2, 0) is 6.61 Å². The Morgan fingerprint density at radius 3 is 2.31 bits per heavy atom. The second kappa shape index (κ2) is 8.80. The maximum atomic E-state index is 13.3. The third-order valence-corrected chi connectivity index (χ3v) is 8.13. The molecule has 0 fully saturated rings. The van der Waals surface area contributed by atoms with Crippen LogP contribution in [0.1, 0.15) is 43.0 Å². The Balaban J connectivity index is 1.32. The number of hydrogen-bond donors (Lipinski definition) is 0. The summed E-state index contributed by atoms with van der Waals surface area (Å²) < 4.78 is 7.90. The summed E-state index contributed by atoms with van der Waals surface area (Å²) in [5.41, 5.74) is 4.92. The third kappa shape index (κ3) is 3.95. The highest BCUT2D eigenvalue weighted by atomic mass is 32.2. The monoisotopic (exact) mass is 493 g/mol. The Morgan fingerprint density at radius 1 is 0.800 bits per heavy atom. The molecule has 6 heteroatoms. The van der Waals surface area contributed by atoms with Gasteiger partial charge in [0.15, 0.2) is 15.9 Å². The van der Waals surface area contributed by atoms with E-state index < -0.39 is 0 Å². The lowest BCUT2D eigenvalue weighted by Gasteiger charge is -2.19. The smallest absolute Gasteiger partial charge is 0.195 e.